The normalized spacial score (nSPS) is 17.7. The first-order valence-electron chi connectivity index (χ1n) is 15.5. The molecule has 0 saturated carbocycles. The Morgan fingerprint density at radius 3 is 2.49 bits per heavy atom. The zero-order valence-corrected chi connectivity index (χ0v) is 28.9. The number of likely N-dealkylation sites (tertiary alicyclic amines) is 1. The highest BCUT2D eigenvalue weighted by atomic mass is 31.0. The van der Waals surface area contributed by atoms with Gasteiger partial charge in [-0.05, 0) is 73.5 Å². The molecule has 1 amide bonds. The van der Waals surface area contributed by atoms with Gasteiger partial charge in [0.15, 0.2) is 0 Å². The van der Waals surface area contributed by atoms with Crippen molar-refractivity contribution in [3.05, 3.63) is 53.7 Å². The Balaban J connectivity index is 1.60. The van der Waals surface area contributed by atoms with E-state index in [0.29, 0.717) is 40.2 Å². The highest BCUT2D eigenvalue weighted by Crippen LogP contribution is 2.33. The molecule has 0 spiro atoms. The standard InChI is InChI=1S/C29H42B6F2N5O2P/c1-17-15-41(2)12-10-21(17)39-22-6-3-7-24-20(22)14-19(42(24)16-27(36,37)45)5-4-11-38-23-9-8-18(26(43)40-28(30,31)32)13-25(23)44-29(33,34)35/h3,6-9,13-14,17,21,38-39H,10-12,15-16,30-35,45H2,1-2H3,(H,40,43)/t17-,21+/m0/s1. The maximum Gasteiger partial charge on any atom is 0.276 e. The second-order valence-electron chi connectivity index (χ2n) is 14.2. The fourth-order valence-electron chi connectivity index (χ4n) is 5.57. The first kappa shape index (κ1) is 34.9. The first-order valence-corrected chi connectivity index (χ1v) is 16.1. The summed E-state index contributed by atoms with van der Waals surface area (Å²) in [5, 5.41) is 9.97. The van der Waals surface area contributed by atoms with Gasteiger partial charge in [-0.1, -0.05) is 28.2 Å². The van der Waals surface area contributed by atoms with E-state index in [-0.39, 0.29) is 17.7 Å². The molecule has 1 fully saturated rings. The van der Waals surface area contributed by atoms with E-state index < -0.39 is 17.5 Å². The topological polar surface area (TPSA) is 70.6 Å². The van der Waals surface area contributed by atoms with Gasteiger partial charge in [-0.3, -0.25) is 4.79 Å². The predicted molar refractivity (Wildman–Crippen MR) is 202 cm³/mol. The highest BCUT2D eigenvalue weighted by molar-refractivity contribution is 7.18. The zero-order valence-electron chi connectivity index (χ0n) is 27.8. The Labute approximate surface area is 273 Å². The van der Waals surface area contributed by atoms with Crippen LogP contribution in [0, 0.1) is 17.8 Å². The molecule has 0 bridgehead atoms. The zero-order chi connectivity index (χ0) is 33.2. The Morgan fingerprint density at radius 1 is 1.11 bits per heavy atom. The number of hydrogen-bond donors (Lipinski definition) is 3. The number of aromatic nitrogens is 1. The van der Waals surface area contributed by atoms with Crippen LogP contribution in [0.5, 0.6) is 5.75 Å². The Kier molecular flexibility index (Phi) is 10.7. The van der Waals surface area contributed by atoms with Gasteiger partial charge in [0.2, 0.25) is 5.91 Å². The lowest BCUT2D eigenvalue weighted by Gasteiger charge is -2.36. The van der Waals surface area contributed by atoms with Crippen LogP contribution in [0.25, 0.3) is 10.9 Å². The van der Waals surface area contributed by atoms with Gasteiger partial charge >= 0.3 is 0 Å². The maximum absolute atomic E-state index is 14.3. The number of fused-ring (bicyclic) bond motifs is 1. The van der Waals surface area contributed by atoms with E-state index in [1.54, 1.807) is 32.0 Å². The van der Waals surface area contributed by atoms with Gasteiger partial charge in [-0.15, -0.1) is 0 Å². The van der Waals surface area contributed by atoms with Crippen LogP contribution in [0.4, 0.5) is 20.2 Å². The number of carbonyl (C=O) groups is 1. The predicted octanol–water partition coefficient (Wildman–Crippen LogP) is -1.55. The summed E-state index contributed by atoms with van der Waals surface area (Å²) in [7, 11) is 15.4. The number of benzene rings is 2. The minimum absolute atomic E-state index is 0.189. The molecule has 7 nitrogen and oxygen atoms in total. The summed E-state index contributed by atoms with van der Waals surface area (Å²) in [6, 6.07) is 13.2. The van der Waals surface area contributed by atoms with Gasteiger partial charge in [0.25, 0.3) is 5.66 Å². The van der Waals surface area contributed by atoms with Crippen LogP contribution in [0.15, 0.2) is 42.5 Å². The smallest absolute Gasteiger partial charge is 0.276 e. The Hall–Kier alpha value is -2.95. The van der Waals surface area contributed by atoms with Gasteiger partial charge < -0.3 is 30.2 Å². The number of rotatable bonds is 10. The third kappa shape index (κ3) is 10.0. The van der Waals surface area contributed by atoms with Crippen LogP contribution in [0.3, 0.4) is 0 Å². The number of halogens is 2. The lowest BCUT2D eigenvalue weighted by molar-refractivity contribution is 0.0851. The van der Waals surface area contributed by atoms with Crippen molar-refractivity contribution in [3.8, 4) is 17.6 Å². The number of carbonyl (C=O) groups excluding carboxylic acids is 1. The minimum atomic E-state index is -2.99. The number of anilines is 2. The van der Waals surface area contributed by atoms with Crippen molar-refractivity contribution in [2.24, 2.45) is 5.92 Å². The number of hydrogen-bond acceptors (Lipinski definition) is 5. The van der Waals surface area contributed by atoms with E-state index in [0.717, 1.165) is 30.6 Å². The van der Waals surface area contributed by atoms with Crippen LogP contribution in [0.1, 0.15) is 29.4 Å². The fourth-order valence-corrected chi connectivity index (χ4v) is 5.76. The van der Waals surface area contributed by atoms with Crippen LogP contribution >= 0.6 is 9.24 Å². The monoisotopic (exact) mass is 627 g/mol. The molecule has 3 atom stereocenters. The SMILES string of the molecule is BC(B)(B)NC(=O)c1ccc(NCC#Cc2cc3c(N[C@@H]4CCN(C)C[C@@H]4C)cccc3n2CC(F)(F)P)c(OC(B)(B)B)c1. The maximum atomic E-state index is 14.3. The Morgan fingerprint density at radius 2 is 1.84 bits per heavy atom. The van der Waals surface area contributed by atoms with Crippen LogP contribution in [-0.4, -0.2) is 111 Å². The first-order chi connectivity index (χ1) is 20.9. The van der Waals surface area contributed by atoms with Crippen molar-refractivity contribution in [1.29, 1.82) is 0 Å². The average Bonchev–Trinajstić information content (AvgIpc) is 3.23. The molecule has 1 aromatic heterocycles. The molecule has 1 unspecified atom stereocenters. The van der Waals surface area contributed by atoms with E-state index in [1.165, 1.54) is 0 Å². The molecule has 0 aliphatic carbocycles. The summed E-state index contributed by atoms with van der Waals surface area (Å²) < 4.78 is 36.5. The summed E-state index contributed by atoms with van der Waals surface area (Å²) in [6.07, 6.45) is 1.01. The molecule has 1 saturated heterocycles. The Bertz CT molecular complexity index is 1600. The second-order valence-corrected chi connectivity index (χ2v) is 15.0. The van der Waals surface area contributed by atoms with E-state index in [1.807, 2.05) is 71.3 Å². The van der Waals surface area contributed by atoms with Gasteiger partial charge in [-0.2, -0.15) is 0 Å². The quantitative estimate of drug-likeness (QED) is 0.145. The molecule has 1 aliphatic heterocycles. The molecule has 0 radical (unpaired) electrons. The van der Waals surface area contributed by atoms with Gasteiger partial charge in [0.1, 0.15) is 52.8 Å². The molecule has 3 aromatic rings. The van der Waals surface area contributed by atoms with E-state index in [4.69, 9.17) is 4.74 Å². The van der Waals surface area contributed by atoms with E-state index in [2.05, 4.69) is 46.7 Å². The van der Waals surface area contributed by atoms with E-state index >= 15 is 0 Å². The van der Waals surface area contributed by atoms with Crippen molar-refractivity contribution in [3.63, 3.8) is 0 Å². The van der Waals surface area contributed by atoms with Gasteiger partial charge in [-0.25, -0.2) is 8.78 Å². The van der Waals surface area contributed by atoms with Crippen molar-refractivity contribution >= 4 is 84.5 Å². The number of nitrogens with zero attached hydrogens (tertiary/aromatic N) is 2. The highest BCUT2D eigenvalue weighted by Gasteiger charge is 2.27. The average molecular weight is 627 g/mol. The summed E-state index contributed by atoms with van der Waals surface area (Å²) in [6.45, 7) is 3.99. The molecular weight excluding hydrogens is 584 g/mol. The summed E-state index contributed by atoms with van der Waals surface area (Å²) >= 11 is 0. The third-order valence-electron chi connectivity index (χ3n) is 7.50. The summed E-state index contributed by atoms with van der Waals surface area (Å²) in [5.41, 5.74) is 0.336. The molecular formula is C29H42B6F2N5O2P. The lowest BCUT2D eigenvalue weighted by Crippen LogP contribution is -2.50. The second kappa shape index (κ2) is 13.8. The largest absolute Gasteiger partial charge is 0.511 e. The van der Waals surface area contributed by atoms with Gasteiger partial charge in [0, 0.05) is 34.5 Å². The molecule has 3 N–H and O–H groups in total. The fraction of sp³-hybridized carbons (Fsp3) is 0.414. The summed E-state index contributed by atoms with van der Waals surface area (Å²) in [5.74, 6) is 7.04. The number of nitrogens with one attached hydrogen (secondary N) is 3. The van der Waals surface area contributed by atoms with Crippen LogP contribution < -0.4 is 20.7 Å². The number of alkyl halides is 2. The van der Waals surface area contributed by atoms with Gasteiger partial charge in [0.05, 0.1) is 30.0 Å². The van der Waals surface area contributed by atoms with Crippen molar-refractivity contribution < 1.29 is 18.3 Å². The summed E-state index contributed by atoms with van der Waals surface area (Å²) in [4.78, 5) is 15.1. The lowest BCUT2D eigenvalue weighted by atomic mass is 9.49. The molecule has 2 heterocycles. The number of ether oxygens (including phenoxy) is 1. The van der Waals surface area contributed by atoms with Crippen LogP contribution in [0.2, 0.25) is 0 Å². The molecule has 16 heteroatoms. The molecule has 4 rings (SSSR count). The molecule has 232 valence electrons. The minimum Gasteiger partial charge on any atom is -0.511 e. The molecule has 45 heavy (non-hydrogen) atoms. The van der Waals surface area contributed by atoms with Crippen molar-refractivity contribution in [1.82, 2.24) is 14.8 Å². The van der Waals surface area contributed by atoms with Crippen molar-refractivity contribution in [2.75, 3.05) is 37.3 Å². The number of piperidine rings is 1. The molecule has 1 aliphatic rings. The van der Waals surface area contributed by atoms with Crippen molar-refractivity contribution in [2.45, 2.75) is 42.1 Å². The van der Waals surface area contributed by atoms with E-state index in [9.17, 15) is 13.6 Å². The van der Waals surface area contributed by atoms with Crippen LogP contribution in [-0.2, 0) is 6.54 Å². The third-order valence-corrected chi connectivity index (χ3v) is 7.68. The molecule has 2 aromatic carbocycles. The number of amides is 1.